The average molecular weight is 217 g/mol. The molecular formula is C12H15N3O. The van der Waals surface area contributed by atoms with Crippen molar-refractivity contribution in [1.29, 1.82) is 5.26 Å². The van der Waals surface area contributed by atoms with Crippen LogP contribution < -0.4 is 5.73 Å². The van der Waals surface area contributed by atoms with E-state index in [1.807, 2.05) is 13.0 Å². The number of nitriles is 1. The molecule has 1 aromatic rings. The largest absolute Gasteiger partial charge is 0.399 e. The second kappa shape index (κ2) is 5.17. The minimum Gasteiger partial charge on any atom is -0.399 e. The molecule has 1 aromatic carbocycles. The van der Waals surface area contributed by atoms with Crippen molar-refractivity contribution >= 4 is 11.6 Å². The highest BCUT2D eigenvalue weighted by Gasteiger charge is 2.16. The zero-order valence-electron chi connectivity index (χ0n) is 9.47. The van der Waals surface area contributed by atoms with Crippen LogP contribution in [0.5, 0.6) is 0 Å². The molecule has 1 atom stereocenters. The summed E-state index contributed by atoms with van der Waals surface area (Å²) in [5, 5.41) is 8.57. The Hall–Kier alpha value is -2.02. The molecule has 16 heavy (non-hydrogen) atoms. The van der Waals surface area contributed by atoms with E-state index in [4.69, 9.17) is 11.0 Å². The number of hydrogen-bond acceptors (Lipinski definition) is 3. The van der Waals surface area contributed by atoms with Gasteiger partial charge in [-0.2, -0.15) is 5.26 Å². The van der Waals surface area contributed by atoms with Crippen molar-refractivity contribution in [1.82, 2.24) is 4.90 Å². The summed E-state index contributed by atoms with van der Waals surface area (Å²) < 4.78 is 0. The number of anilines is 1. The number of rotatable bonds is 3. The number of nitrogen functional groups attached to an aromatic ring is 1. The van der Waals surface area contributed by atoms with E-state index in [0.29, 0.717) is 17.7 Å². The minimum absolute atomic E-state index is 0.0982. The molecule has 0 radical (unpaired) electrons. The van der Waals surface area contributed by atoms with Crippen molar-refractivity contribution in [3.8, 4) is 6.07 Å². The van der Waals surface area contributed by atoms with Crippen molar-refractivity contribution in [3.05, 3.63) is 29.8 Å². The highest BCUT2D eigenvalue weighted by Crippen LogP contribution is 2.11. The van der Waals surface area contributed by atoms with Crippen LogP contribution in [0.25, 0.3) is 0 Å². The van der Waals surface area contributed by atoms with Crippen LogP contribution >= 0.6 is 0 Å². The Labute approximate surface area is 95.3 Å². The fraction of sp³-hybridized carbons (Fsp3) is 0.333. The predicted octanol–water partition coefficient (Wildman–Crippen LogP) is 1.64. The van der Waals surface area contributed by atoms with Crippen LogP contribution in [0.15, 0.2) is 24.3 Å². The van der Waals surface area contributed by atoms with Crippen molar-refractivity contribution in [2.24, 2.45) is 0 Å². The third kappa shape index (κ3) is 2.74. The van der Waals surface area contributed by atoms with Gasteiger partial charge < -0.3 is 10.6 Å². The highest BCUT2D eigenvalue weighted by atomic mass is 16.2. The summed E-state index contributed by atoms with van der Waals surface area (Å²) in [4.78, 5) is 13.5. The van der Waals surface area contributed by atoms with Gasteiger partial charge in [-0.25, -0.2) is 0 Å². The maximum atomic E-state index is 12.0. The molecule has 0 aliphatic carbocycles. The molecule has 0 aliphatic rings. The fourth-order valence-electron chi connectivity index (χ4n) is 1.34. The Bertz CT molecular complexity index is 423. The van der Waals surface area contributed by atoms with E-state index in [1.165, 1.54) is 0 Å². The second-order valence-corrected chi connectivity index (χ2v) is 3.75. The van der Waals surface area contributed by atoms with Crippen LogP contribution in [0.4, 0.5) is 5.69 Å². The smallest absolute Gasteiger partial charge is 0.253 e. The third-order valence-electron chi connectivity index (χ3n) is 2.50. The molecule has 0 aliphatic heterocycles. The number of nitrogens with zero attached hydrogens (tertiary/aromatic N) is 2. The monoisotopic (exact) mass is 217 g/mol. The molecule has 4 nitrogen and oxygen atoms in total. The average Bonchev–Trinajstić information content (AvgIpc) is 2.27. The SMILES string of the molecule is CC(CC#N)N(C)C(=O)c1cccc(N)c1. The molecule has 1 rings (SSSR count). The number of benzene rings is 1. The van der Waals surface area contributed by atoms with Crippen LogP contribution in [0.2, 0.25) is 0 Å². The van der Waals surface area contributed by atoms with Gasteiger partial charge in [0.2, 0.25) is 0 Å². The van der Waals surface area contributed by atoms with E-state index < -0.39 is 0 Å². The molecule has 0 heterocycles. The second-order valence-electron chi connectivity index (χ2n) is 3.75. The van der Waals surface area contributed by atoms with E-state index in [0.717, 1.165) is 0 Å². The Morgan fingerprint density at radius 3 is 2.88 bits per heavy atom. The Kier molecular flexibility index (Phi) is 3.90. The van der Waals surface area contributed by atoms with E-state index in [2.05, 4.69) is 0 Å². The van der Waals surface area contributed by atoms with Gasteiger partial charge >= 0.3 is 0 Å². The summed E-state index contributed by atoms with van der Waals surface area (Å²) in [6, 6.07) is 8.78. The first-order valence-electron chi connectivity index (χ1n) is 5.06. The minimum atomic E-state index is -0.116. The van der Waals surface area contributed by atoms with Crippen LogP contribution in [-0.4, -0.2) is 23.9 Å². The summed E-state index contributed by atoms with van der Waals surface area (Å²) in [5.74, 6) is -0.116. The van der Waals surface area contributed by atoms with Crippen molar-refractivity contribution in [2.45, 2.75) is 19.4 Å². The van der Waals surface area contributed by atoms with Gasteiger partial charge in [-0.15, -0.1) is 0 Å². The molecule has 2 N–H and O–H groups in total. The van der Waals surface area contributed by atoms with Crippen molar-refractivity contribution < 1.29 is 4.79 Å². The zero-order chi connectivity index (χ0) is 12.1. The normalized spacial score (nSPS) is 11.6. The number of nitrogens with two attached hydrogens (primary N) is 1. The van der Waals surface area contributed by atoms with Gasteiger partial charge in [-0.3, -0.25) is 4.79 Å². The lowest BCUT2D eigenvalue weighted by Crippen LogP contribution is -2.34. The predicted molar refractivity (Wildman–Crippen MR) is 62.6 cm³/mol. The fourth-order valence-corrected chi connectivity index (χ4v) is 1.34. The van der Waals surface area contributed by atoms with Crippen LogP contribution in [0.1, 0.15) is 23.7 Å². The first-order valence-corrected chi connectivity index (χ1v) is 5.06. The summed E-state index contributed by atoms with van der Waals surface area (Å²) in [5.41, 5.74) is 6.72. The first kappa shape index (κ1) is 12.1. The Morgan fingerprint density at radius 1 is 1.62 bits per heavy atom. The molecule has 1 unspecified atom stereocenters. The molecule has 0 bridgehead atoms. The van der Waals surface area contributed by atoms with E-state index in [1.54, 1.807) is 36.2 Å². The first-order chi connectivity index (χ1) is 7.56. The summed E-state index contributed by atoms with van der Waals surface area (Å²) in [6.07, 6.45) is 0.324. The standard InChI is InChI=1S/C12H15N3O/c1-9(6-7-13)15(2)12(16)10-4-3-5-11(14)8-10/h3-5,8-9H,6,14H2,1-2H3. The molecule has 4 heteroatoms. The number of carbonyl (C=O) groups excluding carboxylic acids is 1. The van der Waals surface area contributed by atoms with Crippen LogP contribution in [0, 0.1) is 11.3 Å². The highest BCUT2D eigenvalue weighted by molar-refractivity contribution is 5.95. The lowest BCUT2D eigenvalue weighted by molar-refractivity contribution is 0.0746. The Morgan fingerprint density at radius 2 is 2.31 bits per heavy atom. The van der Waals surface area contributed by atoms with E-state index in [9.17, 15) is 4.79 Å². The molecule has 84 valence electrons. The number of amides is 1. The summed E-state index contributed by atoms with van der Waals surface area (Å²) in [6.45, 7) is 1.84. The van der Waals surface area contributed by atoms with Gasteiger partial charge in [0.25, 0.3) is 5.91 Å². The number of carbonyl (C=O) groups is 1. The summed E-state index contributed by atoms with van der Waals surface area (Å²) >= 11 is 0. The van der Waals surface area contributed by atoms with Gasteiger partial charge in [-0.05, 0) is 25.1 Å². The molecule has 0 saturated carbocycles. The maximum absolute atomic E-state index is 12.0. The number of hydrogen-bond donors (Lipinski definition) is 1. The zero-order valence-corrected chi connectivity index (χ0v) is 9.47. The van der Waals surface area contributed by atoms with Gasteiger partial charge in [0.1, 0.15) is 0 Å². The Balaban J connectivity index is 2.82. The van der Waals surface area contributed by atoms with Gasteiger partial charge in [-0.1, -0.05) is 6.07 Å². The van der Waals surface area contributed by atoms with E-state index in [-0.39, 0.29) is 11.9 Å². The molecule has 0 fully saturated rings. The third-order valence-corrected chi connectivity index (χ3v) is 2.50. The van der Waals surface area contributed by atoms with Crippen LogP contribution in [-0.2, 0) is 0 Å². The van der Waals surface area contributed by atoms with Crippen molar-refractivity contribution in [2.75, 3.05) is 12.8 Å². The molecule has 0 aromatic heterocycles. The van der Waals surface area contributed by atoms with Gasteiger partial charge in [0, 0.05) is 24.3 Å². The van der Waals surface area contributed by atoms with Gasteiger partial charge in [0.05, 0.1) is 12.5 Å². The lowest BCUT2D eigenvalue weighted by atomic mass is 10.1. The molecule has 0 spiro atoms. The maximum Gasteiger partial charge on any atom is 0.253 e. The van der Waals surface area contributed by atoms with Crippen LogP contribution in [0.3, 0.4) is 0 Å². The molecule has 0 saturated heterocycles. The quantitative estimate of drug-likeness (QED) is 0.782. The van der Waals surface area contributed by atoms with Crippen molar-refractivity contribution in [3.63, 3.8) is 0 Å². The molecule has 1 amide bonds. The summed E-state index contributed by atoms with van der Waals surface area (Å²) in [7, 11) is 1.69. The lowest BCUT2D eigenvalue weighted by Gasteiger charge is -2.23. The topological polar surface area (TPSA) is 70.1 Å². The van der Waals surface area contributed by atoms with Gasteiger partial charge in [0.15, 0.2) is 0 Å². The molecular weight excluding hydrogens is 202 g/mol. The van der Waals surface area contributed by atoms with E-state index >= 15 is 0 Å².